The third-order valence-corrected chi connectivity index (χ3v) is 2.60. The van der Waals surface area contributed by atoms with Crippen LogP contribution in [0.25, 0.3) is 0 Å². The molecule has 14 heavy (non-hydrogen) atoms. The molecular formula is C14H19. The fourth-order valence-electron chi connectivity index (χ4n) is 1.79. The molecule has 75 valence electrons. The van der Waals surface area contributed by atoms with Crippen LogP contribution in [0, 0.1) is 5.92 Å². The number of benzene rings is 1. The number of allylic oxidation sites excluding steroid dienone is 1. The van der Waals surface area contributed by atoms with Crippen molar-refractivity contribution in [3.05, 3.63) is 54.0 Å². The van der Waals surface area contributed by atoms with Crippen LogP contribution in [0.2, 0.25) is 0 Å². The van der Waals surface area contributed by atoms with Crippen molar-refractivity contribution in [2.24, 2.45) is 0 Å². The maximum atomic E-state index is 3.81. The number of aryl methyl sites for hydroxylation is 1. The van der Waals surface area contributed by atoms with Gasteiger partial charge in [0.25, 0.3) is 0 Å². The van der Waals surface area contributed by atoms with E-state index in [-0.39, 0.29) is 0 Å². The van der Waals surface area contributed by atoms with E-state index in [1.54, 1.807) is 0 Å². The molecule has 0 N–H and O–H groups in total. The summed E-state index contributed by atoms with van der Waals surface area (Å²) in [6.45, 7) is 8.23. The summed E-state index contributed by atoms with van der Waals surface area (Å²) in [5.74, 6) is 1.50. The highest BCUT2D eigenvalue weighted by Gasteiger charge is 2.10. The van der Waals surface area contributed by atoms with Crippen LogP contribution in [0.15, 0.2) is 36.9 Å². The molecule has 0 heteroatoms. The van der Waals surface area contributed by atoms with Gasteiger partial charge < -0.3 is 0 Å². The zero-order valence-corrected chi connectivity index (χ0v) is 9.22. The third-order valence-electron chi connectivity index (χ3n) is 2.60. The molecule has 1 aromatic rings. The van der Waals surface area contributed by atoms with E-state index in [1.165, 1.54) is 17.0 Å². The number of hydrogen-bond donors (Lipinski definition) is 0. The van der Waals surface area contributed by atoms with Crippen LogP contribution >= 0.6 is 0 Å². The normalized spacial score (nSPS) is 10.5. The molecule has 0 amide bonds. The predicted octanol–water partition coefficient (Wildman–Crippen LogP) is 4.16. The smallest absolute Gasteiger partial charge is 0.00872 e. The van der Waals surface area contributed by atoms with Gasteiger partial charge in [0.05, 0.1) is 0 Å². The van der Waals surface area contributed by atoms with E-state index in [1.807, 2.05) is 6.08 Å². The highest BCUT2D eigenvalue weighted by Crippen LogP contribution is 2.25. The molecule has 0 heterocycles. The van der Waals surface area contributed by atoms with Crippen molar-refractivity contribution >= 4 is 0 Å². The van der Waals surface area contributed by atoms with E-state index in [4.69, 9.17) is 0 Å². The first kappa shape index (κ1) is 11.0. The summed E-state index contributed by atoms with van der Waals surface area (Å²) in [6.07, 6.45) is 5.22. The van der Waals surface area contributed by atoms with Gasteiger partial charge >= 0.3 is 0 Å². The van der Waals surface area contributed by atoms with E-state index in [0.717, 1.165) is 19.3 Å². The fourth-order valence-corrected chi connectivity index (χ4v) is 1.79. The van der Waals surface area contributed by atoms with Crippen molar-refractivity contribution in [3.63, 3.8) is 0 Å². The van der Waals surface area contributed by atoms with Gasteiger partial charge in [-0.2, -0.15) is 0 Å². The Balaban J connectivity index is 2.95. The average Bonchev–Trinajstić information content (AvgIpc) is 2.26. The van der Waals surface area contributed by atoms with E-state index in [2.05, 4.69) is 44.7 Å². The van der Waals surface area contributed by atoms with Crippen LogP contribution in [-0.2, 0) is 6.42 Å². The second-order valence-electron chi connectivity index (χ2n) is 3.46. The first-order chi connectivity index (χ1) is 6.83. The molecule has 0 aliphatic carbocycles. The number of rotatable bonds is 5. The first-order valence-corrected chi connectivity index (χ1v) is 5.37. The summed E-state index contributed by atoms with van der Waals surface area (Å²) in [7, 11) is 0. The minimum atomic E-state index is 1.01. The lowest BCUT2D eigenvalue weighted by molar-refractivity contribution is 0.878. The molecule has 0 aliphatic heterocycles. The zero-order valence-electron chi connectivity index (χ0n) is 9.22. The highest BCUT2D eigenvalue weighted by molar-refractivity contribution is 5.39. The Bertz CT molecular complexity index is 286. The lowest BCUT2D eigenvalue weighted by atomic mass is 9.89. The Morgan fingerprint density at radius 2 is 2.00 bits per heavy atom. The maximum absolute atomic E-state index is 3.81. The molecule has 1 rings (SSSR count). The second-order valence-corrected chi connectivity index (χ2v) is 3.46. The Morgan fingerprint density at radius 1 is 1.29 bits per heavy atom. The van der Waals surface area contributed by atoms with Crippen LogP contribution in [-0.4, -0.2) is 0 Å². The van der Waals surface area contributed by atoms with Gasteiger partial charge in [-0.15, -0.1) is 6.58 Å². The Morgan fingerprint density at radius 3 is 2.57 bits per heavy atom. The summed E-state index contributed by atoms with van der Waals surface area (Å²) in [4.78, 5) is 0. The largest absolute Gasteiger partial charge is 0.103 e. The van der Waals surface area contributed by atoms with Crippen molar-refractivity contribution in [1.29, 1.82) is 0 Å². The molecule has 0 spiro atoms. The molecule has 0 unspecified atom stereocenters. The summed E-state index contributed by atoms with van der Waals surface area (Å²) in [5.41, 5.74) is 2.88. The fraction of sp³-hybridized carbons (Fsp3) is 0.357. The zero-order chi connectivity index (χ0) is 10.4. The van der Waals surface area contributed by atoms with E-state index >= 15 is 0 Å². The standard InChI is InChI=1S/C14H19/c1-4-9-12(5-2)14-11-8-7-10-13(14)6-3/h4,7-8,10-11H,1,5-6,9H2,2-3H3. The van der Waals surface area contributed by atoms with Gasteiger partial charge in [0.15, 0.2) is 0 Å². The molecule has 0 saturated carbocycles. The summed E-state index contributed by atoms with van der Waals surface area (Å²) in [5, 5.41) is 0. The molecule has 0 atom stereocenters. The lowest BCUT2D eigenvalue weighted by Gasteiger charge is -2.16. The van der Waals surface area contributed by atoms with Crippen LogP contribution < -0.4 is 0 Å². The van der Waals surface area contributed by atoms with Crippen LogP contribution in [0.3, 0.4) is 0 Å². The van der Waals surface area contributed by atoms with Crippen molar-refractivity contribution in [2.45, 2.75) is 33.1 Å². The summed E-state index contributed by atoms with van der Waals surface area (Å²) >= 11 is 0. The molecular weight excluding hydrogens is 168 g/mol. The van der Waals surface area contributed by atoms with Gasteiger partial charge in [-0.1, -0.05) is 44.2 Å². The van der Waals surface area contributed by atoms with Gasteiger partial charge in [-0.3, -0.25) is 0 Å². The van der Waals surface area contributed by atoms with Crippen molar-refractivity contribution in [3.8, 4) is 0 Å². The summed E-state index contributed by atoms with van der Waals surface area (Å²) in [6, 6.07) is 8.67. The topological polar surface area (TPSA) is 0 Å². The maximum Gasteiger partial charge on any atom is 0.00872 e. The quantitative estimate of drug-likeness (QED) is 0.607. The molecule has 0 aromatic heterocycles. The highest BCUT2D eigenvalue weighted by atomic mass is 14.1. The minimum Gasteiger partial charge on any atom is -0.103 e. The van der Waals surface area contributed by atoms with Gasteiger partial charge in [-0.25, -0.2) is 0 Å². The molecule has 0 nitrogen and oxygen atoms in total. The van der Waals surface area contributed by atoms with Crippen LogP contribution in [0.4, 0.5) is 0 Å². The van der Waals surface area contributed by atoms with E-state index in [0.29, 0.717) is 0 Å². The van der Waals surface area contributed by atoms with Gasteiger partial charge in [0, 0.05) is 5.92 Å². The SMILES string of the molecule is C=CC[C](CC)c1ccccc1CC. The van der Waals surface area contributed by atoms with E-state index < -0.39 is 0 Å². The molecule has 1 radical (unpaired) electrons. The summed E-state index contributed by atoms with van der Waals surface area (Å²) < 4.78 is 0. The Hall–Kier alpha value is -1.04. The van der Waals surface area contributed by atoms with Gasteiger partial charge in [0.2, 0.25) is 0 Å². The Kier molecular flexibility index (Phi) is 4.45. The molecule has 0 bridgehead atoms. The van der Waals surface area contributed by atoms with Crippen molar-refractivity contribution < 1.29 is 0 Å². The predicted molar refractivity (Wildman–Crippen MR) is 63.3 cm³/mol. The first-order valence-electron chi connectivity index (χ1n) is 5.37. The van der Waals surface area contributed by atoms with Crippen molar-refractivity contribution in [2.75, 3.05) is 0 Å². The molecule has 0 fully saturated rings. The molecule has 0 saturated heterocycles. The second kappa shape index (κ2) is 5.64. The monoisotopic (exact) mass is 187 g/mol. The lowest BCUT2D eigenvalue weighted by Crippen LogP contribution is -2.01. The van der Waals surface area contributed by atoms with Gasteiger partial charge in [-0.05, 0) is 30.4 Å². The minimum absolute atomic E-state index is 1.01. The molecule has 1 aromatic carbocycles. The van der Waals surface area contributed by atoms with Crippen LogP contribution in [0.5, 0.6) is 0 Å². The van der Waals surface area contributed by atoms with Crippen molar-refractivity contribution in [1.82, 2.24) is 0 Å². The third kappa shape index (κ3) is 2.47. The van der Waals surface area contributed by atoms with Gasteiger partial charge in [0.1, 0.15) is 0 Å². The average molecular weight is 187 g/mol. The Labute approximate surface area is 87.7 Å². The number of hydrogen-bond acceptors (Lipinski definition) is 0. The van der Waals surface area contributed by atoms with E-state index in [9.17, 15) is 0 Å². The molecule has 0 aliphatic rings. The van der Waals surface area contributed by atoms with Crippen LogP contribution in [0.1, 0.15) is 37.8 Å².